The molecule has 6 heteroatoms. The maximum absolute atomic E-state index is 10.4. The average molecular weight is 303 g/mol. The van der Waals surface area contributed by atoms with E-state index in [1.807, 2.05) is 30.3 Å². The van der Waals surface area contributed by atoms with E-state index in [4.69, 9.17) is 20.7 Å². The summed E-state index contributed by atoms with van der Waals surface area (Å²) in [7, 11) is 0. The smallest absolute Gasteiger partial charge is 0.405 e. The minimum Gasteiger partial charge on any atom is -0.507 e. The molecule has 2 rings (SSSR count). The lowest BCUT2D eigenvalue weighted by Gasteiger charge is -2.10. The number of carbonyl (C=O) groups excluding carboxylic acids is 1. The van der Waals surface area contributed by atoms with Crippen LogP contribution in [0, 0.1) is 0 Å². The number of benzene rings is 2. The van der Waals surface area contributed by atoms with E-state index in [1.165, 1.54) is 12.1 Å². The molecule has 0 unspecified atom stereocenters. The van der Waals surface area contributed by atoms with Gasteiger partial charge in [-0.3, -0.25) is 0 Å². The zero-order valence-electron chi connectivity index (χ0n) is 12.0. The molecule has 1 amide bonds. The summed E-state index contributed by atoms with van der Waals surface area (Å²) in [5.74, 6) is -1.31. The van der Waals surface area contributed by atoms with Crippen LogP contribution in [0.3, 0.4) is 0 Å². The fraction of sp³-hybridized carbons (Fsp3) is 0.125. The van der Waals surface area contributed by atoms with E-state index in [0.29, 0.717) is 0 Å². The highest BCUT2D eigenvalue weighted by atomic mass is 16.6. The lowest BCUT2D eigenvalue weighted by atomic mass is 10.1. The summed E-state index contributed by atoms with van der Waals surface area (Å²) in [4.78, 5) is 20.6. The van der Waals surface area contributed by atoms with Crippen molar-refractivity contribution in [2.24, 2.45) is 5.73 Å². The normalized spacial score (nSPS) is 10.8. The van der Waals surface area contributed by atoms with E-state index in [1.54, 1.807) is 19.1 Å². The van der Waals surface area contributed by atoms with Crippen LogP contribution in [0.15, 0.2) is 54.6 Å². The van der Waals surface area contributed by atoms with Gasteiger partial charge in [-0.05, 0) is 24.6 Å². The summed E-state index contributed by atoms with van der Waals surface area (Å²) >= 11 is 0. The van der Waals surface area contributed by atoms with Crippen molar-refractivity contribution in [2.45, 2.75) is 13.0 Å². The molecule has 22 heavy (non-hydrogen) atoms. The molecule has 6 nitrogen and oxygen atoms in total. The number of rotatable bonds is 3. The first-order valence-electron chi connectivity index (χ1n) is 6.44. The van der Waals surface area contributed by atoms with Crippen molar-refractivity contribution in [2.75, 3.05) is 0 Å². The standard InChI is InChI=1S/C9H11NO2.C7H6O3/c1-7(12-9(10)11)8-5-3-2-4-6-8;8-6-4-2-1-3-5(6)7(9)10/h2-7H,1H3,(H2,10,11);1-4,8H,(H,9,10)/t7-;/m0./s1. The molecule has 0 aromatic heterocycles. The Bertz CT molecular complexity index is 627. The van der Waals surface area contributed by atoms with E-state index in [0.717, 1.165) is 5.56 Å². The Morgan fingerprint density at radius 2 is 1.59 bits per heavy atom. The molecule has 1 atom stereocenters. The molecule has 0 saturated carbocycles. The van der Waals surface area contributed by atoms with Crippen LogP contribution in [0.5, 0.6) is 5.75 Å². The molecule has 0 fully saturated rings. The highest BCUT2D eigenvalue weighted by Crippen LogP contribution is 2.15. The van der Waals surface area contributed by atoms with E-state index in [9.17, 15) is 9.59 Å². The summed E-state index contributed by atoms with van der Waals surface area (Å²) in [6, 6.07) is 15.3. The highest BCUT2D eigenvalue weighted by molar-refractivity contribution is 5.90. The lowest BCUT2D eigenvalue weighted by molar-refractivity contribution is 0.0693. The third kappa shape index (κ3) is 5.54. The summed E-state index contributed by atoms with van der Waals surface area (Å²) in [6.07, 6.45) is -1.02. The van der Waals surface area contributed by atoms with E-state index in [-0.39, 0.29) is 17.4 Å². The van der Waals surface area contributed by atoms with Crippen LogP contribution in [-0.2, 0) is 4.74 Å². The number of carbonyl (C=O) groups is 2. The second-order valence-electron chi connectivity index (χ2n) is 4.31. The average Bonchev–Trinajstić information content (AvgIpc) is 2.48. The number of aromatic hydroxyl groups is 1. The molecule has 0 aliphatic carbocycles. The fourth-order valence-corrected chi connectivity index (χ4v) is 1.62. The summed E-state index contributed by atoms with van der Waals surface area (Å²) in [5.41, 5.74) is 5.74. The SMILES string of the molecule is C[C@H](OC(N)=O)c1ccccc1.O=C(O)c1ccccc1O. The summed E-state index contributed by atoms with van der Waals surface area (Å²) in [5, 5.41) is 17.3. The van der Waals surface area contributed by atoms with Gasteiger partial charge in [-0.2, -0.15) is 0 Å². The molecule has 0 spiro atoms. The molecule has 2 aromatic rings. The van der Waals surface area contributed by atoms with Gasteiger partial charge < -0.3 is 20.7 Å². The second kappa shape index (κ2) is 8.31. The Morgan fingerprint density at radius 1 is 1.05 bits per heavy atom. The largest absolute Gasteiger partial charge is 0.507 e. The minimum absolute atomic E-state index is 0.0671. The number of hydrogen-bond acceptors (Lipinski definition) is 4. The fourth-order valence-electron chi connectivity index (χ4n) is 1.62. The number of nitrogens with two attached hydrogens (primary N) is 1. The highest BCUT2D eigenvalue weighted by Gasteiger charge is 2.07. The Labute approximate surface area is 127 Å². The first-order chi connectivity index (χ1) is 10.4. The quantitative estimate of drug-likeness (QED) is 0.807. The number of hydrogen-bond donors (Lipinski definition) is 3. The topological polar surface area (TPSA) is 110 Å². The number of carboxylic acids is 1. The second-order valence-corrected chi connectivity index (χ2v) is 4.31. The Balaban J connectivity index is 0.000000224. The van der Waals surface area contributed by atoms with E-state index in [2.05, 4.69) is 0 Å². The van der Waals surface area contributed by atoms with Crippen LogP contribution in [0.2, 0.25) is 0 Å². The molecular weight excluding hydrogens is 286 g/mol. The van der Waals surface area contributed by atoms with Gasteiger partial charge in [0, 0.05) is 0 Å². The Morgan fingerprint density at radius 3 is 2.05 bits per heavy atom. The van der Waals surface area contributed by atoms with Gasteiger partial charge in [-0.15, -0.1) is 0 Å². The molecule has 0 bridgehead atoms. The van der Waals surface area contributed by atoms with Gasteiger partial charge in [0.05, 0.1) is 0 Å². The number of primary amides is 1. The predicted molar refractivity (Wildman–Crippen MR) is 80.6 cm³/mol. The van der Waals surface area contributed by atoms with Crippen LogP contribution < -0.4 is 5.73 Å². The van der Waals surface area contributed by atoms with Gasteiger partial charge in [0.15, 0.2) is 0 Å². The predicted octanol–water partition coefficient (Wildman–Crippen LogP) is 2.93. The van der Waals surface area contributed by atoms with Crippen LogP contribution in [0.1, 0.15) is 28.9 Å². The number of aromatic carboxylic acids is 1. The maximum Gasteiger partial charge on any atom is 0.405 e. The van der Waals surface area contributed by atoms with Crippen molar-refractivity contribution in [1.29, 1.82) is 0 Å². The molecule has 0 heterocycles. The van der Waals surface area contributed by atoms with Gasteiger partial charge in [0.25, 0.3) is 0 Å². The third-order valence-electron chi connectivity index (χ3n) is 2.70. The van der Waals surface area contributed by atoms with Crippen molar-refractivity contribution in [3.05, 3.63) is 65.7 Å². The monoisotopic (exact) mass is 303 g/mol. The van der Waals surface area contributed by atoms with Crippen LogP contribution >= 0.6 is 0 Å². The first kappa shape index (κ1) is 17.0. The first-order valence-corrected chi connectivity index (χ1v) is 6.44. The summed E-state index contributed by atoms with van der Waals surface area (Å²) < 4.78 is 4.78. The Hall–Kier alpha value is -3.02. The van der Waals surface area contributed by atoms with Crippen LogP contribution in [0.4, 0.5) is 4.79 Å². The third-order valence-corrected chi connectivity index (χ3v) is 2.70. The molecule has 0 radical (unpaired) electrons. The molecular formula is C16H17NO5. The van der Waals surface area contributed by atoms with E-state index < -0.39 is 12.1 Å². The molecule has 4 N–H and O–H groups in total. The van der Waals surface area contributed by atoms with Crippen molar-refractivity contribution in [3.63, 3.8) is 0 Å². The zero-order chi connectivity index (χ0) is 16.5. The molecule has 0 aliphatic heterocycles. The van der Waals surface area contributed by atoms with Crippen LogP contribution in [-0.4, -0.2) is 22.3 Å². The van der Waals surface area contributed by atoms with Gasteiger partial charge in [-0.25, -0.2) is 9.59 Å². The van der Waals surface area contributed by atoms with Gasteiger partial charge in [-0.1, -0.05) is 42.5 Å². The lowest BCUT2D eigenvalue weighted by Crippen LogP contribution is -2.15. The number of carboxylic acid groups (broad SMARTS) is 1. The number of amides is 1. The van der Waals surface area contributed by atoms with Gasteiger partial charge >= 0.3 is 12.1 Å². The molecule has 2 aromatic carbocycles. The van der Waals surface area contributed by atoms with Crippen LogP contribution in [0.25, 0.3) is 0 Å². The van der Waals surface area contributed by atoms with Crippen molar-refractivity contribution in [1.82, 2.24) is 0 Å². The minimum atomic E-state index is -1.11. The van der Waals surface area contributed by atoms with Crippen molar-refractivity contribution >= 4 is 12.1 Å². The molecule has 0 aliphatic rings. The van der Waals surface area contributed by atoms with Gasteiger partial charge in [0.1, 0.15) is 17.4 Å². The maximum atomic E-state index is 10.4. The number of ether oxygens (including phenoxy) is 1. The van der Waals surface area contributed by atoms with E-state index >= 15 is 0 Å². The summed E-state index contributed by atoms with van der Waals surface area (Å²) in [6.45, 7) is 1.78. The van der Waals surface area contributed by atoms with Crippen molar-refractivity contribution in [3.8, 4) is 5.75 Å². The molecule has 116 valence electrons. The van der Waals surface area contributed by atoms with Gasteiger partial charge in [0.2, 0.25) is 0 Å². The number of para-hydroxylation sites is 1. The Kier molecular flexibility index (Phi) is 6.43. The van der Waals surface area contributed by atoms with Crippen molar-refractivity contribution < 1.29 is 24.5 Å². The molecule has 0 saturated heterocycles. The number of phenols is 1. The zero-order valence-corrected chi connectivity index (χ0v) is 12.0.